The molecule has 0 aromatic carbocycles. The molecule has 0 N–H and O–H groups in total. The molecule has 0 radical (unpaired) electrons. The number of carbonyl (C=O) groups is 2. The lowest BCUT2D eigenvalue weighted by atomic mass is 10.0. The summed E-state index contributed by atoms with van der Waals surface area (Å²) in [5.74, 6) is 0.424. The molecule has 4 nitrogen and oxygen atoms in total. The first-order valence-corrected chi connectivity index (χ1v) is 12.4. The highest BCUT2D eigenvalue weighted by atomic mass is 16.5. The number of carbonyl (C=O) groups excluding carboxylic acids is 2. The van der Waals surface area contributed by atoms with Crippen molar-refractivity contribution in [2.24, 2.45) is 5.92 Å². The molecule has 29 heavy (non-hydrogen) atoms. The SMILES string of the molecule is CCCCCCCC(=O)OC(C)CCCCCCCC(=O)OCC(CC)CCC. The molecule has 0 saturated heterocycles. The standard InChI is InChI=1S/C25H48O4/c1-5-8-9-11-16-20-25(27)29-22(4)18-14-12-10-13-15-19-24(26)28-21-23(7-3)17-6-2/h22-23H,5-21H2,1-4H3. The highest BCUT2D eigenvalue weighted by Crippen LogP contribution is 2.14. The Kier molecular flexibility index (Phi) is 19.5. The summed E-state index contributed by atoms with van der Waals surface area (Å²) in [6.07, 6.45) is 16.5. The summed E-state index contributed by atoms with van der Waals surface area (Å²) in [5, 5.41) is 0. The molecule has 0 fully saturated rings. The molecule has 172 valence electrons. The maximum absolute atomic E-state index is 11.8. The molecule has 4 heteroatoms. The number of hydrogen-bond donors (Lipinski definition) is 0. The first-order chi connectivity index (χ1) is 14.0. The van der Waals surface area contributed by atoms with Gasteiger partial charge in [-0.05, 0) is 44.9 Å². The Morgan fingerprint density at radius 3 is 1.90 bits per heavy atom. The molecule has 0 rings (SSSR count). The van der Waals surface area contributed by atoms with Crippen molar-refractivity contribution in [1.82, 2.24) is 0 Å². The average Bonchev–Trinajstić information content (AvgIpc) is 2.70. The molecule has 0 amide bonds. The van der Waals surface area contributed by atoms with Crippen molar-refractivity contribution in [2.45, 2.75) is 137 Å². The number of ether oxygens (including phenoxy) is 2. The van der Waals surface area contributed by atoms with Crippen LogP contribution in [0.2, 0.25) is 0 Å². The van der Waals surface area contributed by atoms with E-state index in [1.807, 2.05) is 6.92 Å². The number of hydrogen-bond acceptors (Lipinski definition) is 4. The normalized spacial score (nSPS) is 13.1. The Hall–Kier alpha value is -1.06. The van der Waals surface area contributed by atoms with Crippen molar-refractivity contribution >= 4 is 11.9 Å². The van der Waals surface area contributed by atoms with Crippen LogP contribution in [0, 0.1) is 5.92 Å². The minimum atomic E-state index is -0.0465. The number of esters is 2. The van der Waals surface area contributed by atoms with Gasteiger partial charge < -0.3 is 9.47 Å². The van der Waals surface area contributed by atoms with E-state index < -0.39 is 0 Å². The van der Waals surface area contributed by atoms with Crippen molar-refractivity contribution in [3.05, 3.63) is 0 Å². The number of rotatable bonds is 20. The van der Waals surface area contributed by atoms with E-state index in [1.165, 1.54) is 19.3 Å². The quantitative estimate of drug-likeness (QED) is 0.155. The molecule has 0 aromatic heterocycles. The van der Waals surface area contributed by atoms with Crippen molar-refractivity contribution in [3.63, 3.8) is 0 Å². The average molecular weight is 413 g/mol. The maximum Gasteiger partial charge on any atom is 0.306 e. The molecule has 0 heterocycles. The van der Waals surface area contributed by atoms with E-state index in [0.717, 1.165) is 70.6 Å². The molecule has 2 unspecified atom stereocenters. The Morgan fingerprint density at radius 2 is 1.28 bits per heavy atom. The van der Waals surface area contributed by atoms with Crippen molar-refractivity contribution < 1.29 is 19.1 Å². The highest BCUT2D eigenvalue weighted by Gasteiger charge is 2.10. The lowest BCUT2D eigenvalue weighted by Crippen LogP contribution is -2.14. The lowest BCUT2D eigenvalue weighted by Gasteiger charge is -2.14. The van der Waals surface area contributed by atoms with Crippen molar-refractivity contribution in [1.29, 1.82) is 0 Å². The van der Waals surface area contributed by atoms with Crippen LogP contribution in [0.4, 0.5) is 0 Å². The summed E-state index contributed by atoms with van der Waals surface area (Å²) in [5.41, 5.74) is 0. The third-order valence-corrected chi connectivity index (χ3v) is 5.56. The predicted octanol–water partition coefficient (Wildman–Crippen LogP) is 7.38. The van der Waals surface area contributed by atoms with E-state index in [1.54, 1.807) is 0 Å². The van der Waals surface area contributed by atoms with Crippen LogP contribution < -0.4 is 0 Å². The second-order valence-corrected chi connectivity index (χ2v) is 8.52. The fraction of sp³-hybridized carbons (Fsp3) is 0.920. The van der Waals surface area contributed by atoms with Gasteiger partial charge in [0, 0.05) is 12.8 Å². The Bertz CT molecular complexity index is 394. The number of unbranched alkanes of at least 4 members (excludes halogenated alkanes) is 8. The van der Waals surface area contributed by atoms with E-state index in [4.69, 9.17) is 9.47 Å². The molecule has 0 saturated carbocycles. The van der Waals surface area contributed by atoms with Gasteiger partial charge in [0.05, 0.1) is 12.7 Å². The van der Waals surface area contributed by atoms with Crippen LogP contribution in [0.3, 0.4) is 0 Å². The van der Waals surface area contributed by atoms with Crippen LogP contribution in [0.5, 0.6) is 0 Å². The summed E-state index contributed by atoms with van der Waals surface area (Å²) in [6, 6.07) is 0. The van der Waals surface area contributed by atoms with E-state index >= 15 is 0 Å². The summed E-state index contributed by atoms with van der Waals surface area (Å²) in [7, 11) is 0. The zero-order valence-corrected chi connectivity index (χ0v) is 19.8. The smallest absolute Gasteiger partial charge is 0.306 e. The van der Waals surface area contributed by atoms with Gasteiger partial charge in [0.2, 0.25) is 0 Å². The third kappa shape index (κ3) is 18.7. The summed E-state index contributed by atoms with van der Waals surface area (Å²) in [4.78, 5) is 23.6. The lowest BCUT2D eigenvalue weighted by molar-refractivity contribution is -0.148. The predicted molar refractivity (Wildman–Crippen MR) is 121 cm³/mol. The molecular formula is C25H48O4. The first-order valence-electron chi connectivity index (χ1n) is 12.4. The van der Waals surface area contributed by atoms with E-state index in [9.17, 15) is 9.59 Å². The van der Waals surface area contributed by atoms with Gasteiger partial charge in [0.25, 0.3) is 0 Å². The van der Waals surface area contributed by atoms with Crippen LogP contribution in [0.1, 0.15) is 130 Å². The van der Waals surface area contributed by atoms with E-state index in [-0.39, 0.29) is 18.0 Å². The Labute approximate surface area is 180 Å². The highest BCUT2D eigenvalue weighted by molar-refractivity contribution is 5.69. The van der Waals surface area contributed by atoms with Crippen LogP contribution in [0.25, 0.3) is 0 Å². The van der Waals surface area contributed by atoms with Gasteiger partial charge in [-0.3, -0.25) is 9.59 Å². The molecule has 0 aliphatic rings. The molecular weight excluding hydrogens is 364 g/mol. The molecule has 0 aromatic rings. The molecule has 2 atom stereocenters. The van der Waals surface area contributed by atoms with E-state index in [0.29, 0.717) is 25.4 Å². The minimum Gasteiger partial charge on any atom is -0.465 e. The van der Waals surface area contributed by atoms with Gasteiger partial charge in [-0.2, -0.15) is 0 Å². The van der Waals surface area contributed by atoms with Gasteiger partial charge in [-0.1, -0.05) is 78.6 Å². The topological polar surface area (TPSA) is 52.6 Å². The van der Waals surface area contributed by atoms with Gasteiger partial charge in [0.1, 0.15) is 0 Å². The van der Waals surface area contributed by atoms with Crippen LogP contribution in [0.15, 0.2) is 0 Å². The van der Waals surface area contributed by atoms with Crippen molar-refractivity contribution in [3.8, 4) is 0 Å². The third-order valence-electron chi connectivity index (χ3n) is 5.56. The van der Waals surface area contributed by atoms with Gasteiger partial charge in [-0.25, -0.2) is 0 Å². The summed E-state index contributed by atoms with van der Waals surface area (Å²) < 4.78 is 10.9. The largest absolute Gasteiger partial charge is 0.465 e. The van der Waals surface area contributed by atoms with Gasteiger partial charge in [0.15, 0.2) is 0 Å². The summed E-state index contributed by atoms with van der Waals surface area (Å²) >= 11 is 0. The molecule has 0 aliphatic carbocycles. The molecule has 0 aliphatic heterocycles. The van der Waals surface area contributed by atoms with Crippen LogP contribution in [-0.4, -0.2) is 24.6 Å². The zero-order chi connectivity index (χ0) is 21.7. The molecule has 0 bridgehead atoms. The maximum atomic E-state index is 11.8. The summed E-state index contributed by atoms with van der Waals surface area (Å²) in [6.45, 7) is 9.10. The second-order valence-electron chi connectivity index (χ2n) is 8.52. The van der Waals surface area contributed by atoms with Crippen LogP contribution in [-0.2, 0) is 19.1 Å². The van der Waals surface area contributed by atoms with Gasteiger partial charge in [-0.15, -0.1) is 0 Å². The second kappa shape index (κ2) is 20.2. The van der Waals surface area contributed by atoms with Crippen molar-refractivity contribution in [2.75, 3.05) is 6.61 Å². The first kappa shape index (κ1) is 27.9. The van der Waals surface area contributed by atoms with E-state index in [2.05, 4.69) is 20.8 Å². The fourth-order valence-electron chi connectivity index (χ4n) is 3.54. The minimum absolute atomic E-state index is 0.0164. The Balaban J connectivity index is 3.52. The fourth-order valence-corrected chi connectivity index (χ4v) is 3.54. The van der Waals surface area contributed by atoms with Gasteiger partial charge >= 0.3 is 11.9 Å². The zero-order valence-electron chi connectivity index (χ0n) is 19.8. The van der Waals surface area contributed by atoms with Crippen LogP contribution >= 0.6 is 0 Å². The monoisotopic (exact) mass is 412 g/mol. The Morgan fingerprint density at radius 1 is 0.690 bits per heavy atom. The molecule has 0 spiro atoms.